The third kappa shape index (κ3) is 4.30. The van der Waals surface area contributed by atoms with Crippen LogP contribution in [-0.4, -0.2) is 12.6 Å². The van der Waals surface area contributed by atoms with Crippen molar-refractivity contribution in [2.75, 3.05) is 11.9 Å². The maximum atomic E-state index is 14.3. The van der Waals surface area contributed by atoms with Gasteiger partial charge in [-0.1, -0.05) is 24.3 Å². The first-order valence-corrected chi connectivity index (χ1v) is 7.19. The molecule has 3 heteroatoms. The summed E-state index contributed by atoms with van der Waals surface area (Å²) in [4.78, 5) is 1.86. The Bertz CT molecular complexity index is 588. The molecule has 2 aromatic rings. The van der Waals surface area contributed by atoms with Gasteiger partial charge in [0, 0.05) is 24.8 Å². The number of nitrogens with one attached hydrogen (secondary N) is 1. The molecule has 21 heavy (non-hydrogen) atoms. The lowest BCUT2D eigenvalue weighted by atomic mass is 10.1. The van der Waals surface area contributed by atoms with Gasteiger partial charge in [-0.3, -0.25) is 0 Å². The highest BCUT2D eigenvalue weighted by atomic mass is 19.1. The number of rotatable bonds is 4. The molecule has 1 N–H and O–H groups in total. The molecule has 0 fully saturated rings. The molecule has 0 aliphatic heterocycles. The first-order chi connectivity index (χ1) is 9.87. The fourth-order valence-corrected chi connectivity index (χ4v) is 2.09. The molecule has 0 aromatic heterocycles. The molecule has 0 aliphatic rings. The molecule has 0 heterocycles. The van der Waals surface area contributed by atoms with E-state index in [4.69, 9.17) is 0 Å². The summed E-state index contributed by atoms with van der Waals surface area (Å²) >= 11 is 0. The fraction of sp³-hybridized carbons (Fsp3) is 0.333. The summed E-state index contributed by atoms with van der Waals surface area (Å²) in [7, 11) is 1.88. The van der Waals surface area contributed by atoms with Crippen molar-refractivity contribution in [3.63, 3.8) is 0 Å². The molecule has 0 saturated carbocycles. The van der Waals surface area contributed by atoms with Gasteiger partial charge in [-0.05, 0) is 50.6 Å². The number of hydrogen-bond acceptors (Lipinski definition) is 2. The second-order valence-corrected chi connectivity index (χ2v) is 6.28. The molecule has 112 valence electrons. The quantitative estimate of drug-likeness (QED) is 0.891. The second-order valence-electron chi connectivity index (χ2n) is 6.28. The third-order valence-electron chi connectivity index (χ3n) is 3.34. The van der Waals surface area contributed by atoms with Crippen molar-refractivity contribution in [2.24, 2.45) is 0 Å². The van der Waals surface area contributed by atoms with Crippen LogP contribution >= 0.6 is 0 Å². The van der Waals surface area contributed by atoms with E-state index in [2.05, 4.69) is 26.1 Å². The zero-order valence-corrected chi connectivity index (χ0v) is 13.2. The Kier molecular flexibility index (Phi) is 4.63. The minimum atomic E-state index is -0.199. The largest absolute Gasteiger partial charge is 0.342 e. The molecular formula is C18H23FN2. The first-order valence-electron chi connectivity index (χ1n) is 7.19. The molecular weight excluding hydrogens is 263 g/mol. The van der Waals surface area contributed by atoms with Crippen molar-refractivity contribution in [2.45, 2.75) is 32.9 Å². The highest BCUT2D eigenvalue weighted by Crippen LogP contribution is 2.26. The summed E-state index contributed by atoms with van der Waals surface area (Å²) in [5.74, 6) is -0.199. The number of halogens is 1. The predicted molar refractivity (Wildman–Crippen MR) is 87.5 cm³/mol. The van der Waals surface area contributed by atoms with Crippen LogP contribution in [-0.2, 0) is 6.54 Å². The molecule has 0 saturated heterocycles. The van der Waals surface area contributed by atoms with Crippen LogP contribution in [0.1, 0.15) is 26.3 Å². The monoisotopic (exact) mass is 286 g/mol. The minimum Gasteiger partial charge on any atom is -0.342 e. The number of anilines is 2. The van der Waals surface area contributed by atoms with Gasteiger partial charge < -0.3 is 10.2 Å². The summed E-state index contributed by atoms with van der Waals surface area (Å²) in [6.45, 7) is 6.96. The zero-order valence-electron chi connectivity index (χ0n) is 13.2. The van der Waals surface area contributed by atoms with Gasteiger partial charge in [0.05, 0.1) is 5.69 Å². The van der Waals surface area contributed by atoms with E-state index in [1.165, 1.54) is 0 Å². The number of hydrogen-bond donors (Lipinski definition) is 1. The highest BCUT2D eigenvalue weighted by Gasteiger charge is 2.12. The van der Waals surface area contributed by atoms with E-state index in [9.17, 15) is 4.39 Å². The molecule has 0 aliphatic carbocycles. The summed E-state index contributed by atoms with van der Waals surface area (Å²) in [6.07, 6.45) is 0. The van der Waals surface area contributed by atoms with Crippen LogP contribution in [0, 0.1) is 5.82 Å². The van der Waals surface area contributed by atoms with Crippen LogP contribution in [0.2, 0.25) is 0 Å². The maximum Gasteiger partial charge on any atom is 0.147 e. The van der Waals surface area contributed by atoms with Crippen LogP contribution < -0.4 is 10.2 Å². The second kappa shape index (κ2) is 6.27. The van der Waals surface area contributed by atoms with E-state index in [1.54, 1.807) is 6.07 Å². The average Bonchev–Trinajstić information content (AvgIpc) is 2.45. The Morgan fingerprint density at radius 1 is 1.05 bits per heavy atom. The minimum absolute atomic E-state index is 0.0238. The molecule has 0 radical (unpaired) electrons. The van der Waals surface area contributed by atoms with E-state index in [1.807, 2.05) is 54.4 Å². The Balaban J connectivity index is 2.16. The Hall–Kier alpha value is -1.87. The molecule has 2 rings (SSSR count). The van der Waals surface area contributed by atoms with Crippen LogP contribution in [0.25, 0.3) is 0 Å². The first kappa shape index (κ1) is 15.5. The SMILES string of the molecule is CN(c1ccccc1)c1ccc(CNC(C)(C)C)cc1F. The Morgan fingerprint density at radius 3 is 2.29 bits per heavy atom. The van der Waals surface area contributed by atoms with Crippen molar-refractivity contribution in [1.82, 2.24) is 5.32 Å². The maximum absolute atomic E-state index is 14.3. The zero-order chi connectivity index (χ0) is 15.5. The van der Waals surface area contributed by atoms with Gasteiger partial charge in [0.15, 0.2) is 0 Å². The van der Waals surface area contributed by atoms with Crippen molar-refractivity contribution in [3.8, 4) is 0 Å². The topological polar surface area (TPSA) is 15.3 Å². The van der Waals surface area contributed by atoms with E-state index in [0.29, 0.717) is 12.2 Å². The molecule has 2 aromatic carbocycles. The van der Waals surface area contributed by atoms with Gasteiger partial charge in [-0.2, -0.15) is 0 Å². The van der Waals surface area contributed by atoms with Crippen molar-refractivity contribution in [1.29, 1.82) is 0 Å². The lowest BCUT2D eigenvalue weighted by molar-refractivity contribution is 0.423. The number of para-hydroxylation sites is 1. The standard InChI is InChI=1S/C18H23FN2/c1-18(2,3)20-13-14-10-11-17(16(19)12-14)21(4)15-8-6-5-7-9-15/h5-12,20H,13H2,1-4H3. The molecule has 0 amide bonds. The van der Waals surface area contributed by atoms with E-state index in [0.717, 1.165) is 11.3 Å². The van der Waals surface area contributed by atoms with Crippen LogP contribution in [0.3, 0.4) is 0 Å². The fourth-order valence-electron chi connectivity index (χ4n) is 2.09. The Morgan fingerprint density at radius 2 is 1.71 bits per heavy atom. The van der Waals surface area contributed by atoms with Crippen molar-refractivity contribution >= 4 is 11.4 Å². The van der Waals surface area contributed by atoms with Crippen LogP contribution in [0.15, 0.2) is 48.5 Å². The smallest absolute Gasteiger partial charge is 0.147 e. The third-order valence-corrected chi connectivity index (χ3v) is 3.34. The van der Waals surface area contributed by atoms with Crippen LogP contribution in [0.5, 0.6) is 0 Å². The normalized spacial score (nSPS) is 11.5. The lowest BCUT2D eigenvalue weighted by Crippen LogP contribution is -2.35. The summed E-state index contributed by atoms with van der Waals surface area (Å²) in [5.41, 5.74) is 2.53. The highest BCUT2D eigenvalue weighted by molar-refractivity contribution is 5.63. The molecule has 0 unspecified atom stereocenters. The van der Waals surface area contributed by atoms with Crippen molar-refractivity contribution in [3.05, 3.63) is 59.9 Å². The van der Waals surface area contributed by atoms with E-state index >= 15 is 0 Å². The summed E-state index contributed by atoms with van der Waals surface area (Å²) < 4.78 is 14.3. The predicted octanol–water partition coefficient (Wildman–Crippen LogP) is 4.48. The lowest BCUT2D eigenvalue weighted by Gasteiger charge is -2.22. The number of nitrogens with zero attached hydrogens (tertiary/aromatic N) is 1. The van der Waals surface area contributed by atoms with E-state index in [-0.39, 0.29) is 11.4 Å². The van der Waals surface area contributed by atoms with Gasteiger partial charge in [-0.25, -0.2) is 4.39 Å². The molecule has 0 spiro atoms. The average molecular weight is 286 g/mol. The van der Waals surface area contributed by atoms with Gasteiger partial charge >= 0.3 is 0 Å². The van der Waals surface area contributed by atoms with Gasteiger partial charge in [-0.15, -0.1) is 0 Å². The summed E-state index contributed by atoms with van der Waals surface area (Å²) in [6, 6.07) is 15.2. The van der Waals surface area contributed by atoms with E-state index < -0.39 is 0 Å². The molecule has 0 bridgehead atoms. The molecule has 2 nitrogen and oxygen atoms in total. The summed E-state index contributed by atoms with van der Waals surface area (Å²) in [5, 5.41) is 3.37. The van der Waals surface area contributed by atoms with Gasteiger partial charge in [0.1, 0.15) is 5.82 Å². The number of benzene rings is 2. The Labute approximate surface area is 126 Å². The van der Waals surface area contributed by atoms with Gasteiger partial charge in [0.25, 0.3) is 0 Å². The molecule has 0 atom stereocenters. The van der Waals surface area contributed by atoms with Crippen LogP contribution in [0.4, 0.5) is 15.8 Å². The van der Waals surface area contributed by atoms with Crippen molar-refractivity contribution < 1.29 is 4.39 Å². The van der Waals surface area contributed by atoms with Gasteiger partial charge in [0.2, 0.25) is 0 Å².